The van der Waals surface area contributed by atoms with E-state index in [2.05, 4.69) is 11.9 Å². The zero-order valence-corrected chi connectivity index (χ0v) is 10.1. The van der Waals surface area contributed by atoms with Gasteiger partial charge in [-0.1, -0.05) is 13.3 Å². The third-order valence-electron chi connectivity index (χ3n) is 2.47. The lowest BCUT2D eigenvalue weighted by molar-refractivity contribution is 0.154. The first-order valence-corrected chi connectivity index (χ1v) is 6.01. The summed E-state index contributed by atoms with van der Waals surface area (Å²) in [4.78, 5) is 4.12. The van der Waals surface area contributed by atoms with Crippen LogP contribution in [0.1, 0.15) is 38.7 Å². The van der Waals surface area contributed by atoms with Gasteiger partial charge in [0, 0.05) is 6.20 Å². The Morgan fingerprint density at radius 3 is 2.81 bits per heavy atom. The molecule has 0 fully saturated rings. The number of aliphatic hydroxyl groups excluding tert-OH is 1. The van der Waals surface area contributed by atoms with E-state index < -0.39 is 0 Å². The zero-order chi connectivity index (χ0) is 11.8. The number of hydrogen-bond donors (Lipinski definition) is 1. The fraction of sp³-hybridized carbons (Fsp3) is 0.615. The molecular weight excluding hydrogens is 202 g/mol. The molecule has 0 bridgehead atoms. The van der Waals surface area contributed by atoms with E-state index in [1.165, 1.54) is 0 Å². The molecule has 16 heavy (non-hydrogen) atoms. The van der Waals surface area contributed by atoms with Crippen molar-refractivity contribution in [2.45, 2.75) is 45.6 Å². The lowest BCUT2D eigenvalue weighted by atomic mass is 10.1. The van der Waals surface area contributed by atoms with Crippen molar-refractivity contribution in [1.82, 2.24) is 4.98 Å². The van der Waals surface area contributed by atoms with E-state index in [0.29, 0.717) is 6.61 Å². The van der Waals surface area contributed by atoms with Gasteiger partial charge in [-0.05, 0) is 37.8 Å². The number of aliphatic hydroxyl groups is 1. The summed E-state index contributed by atoms with van der Waals surface area (Å²) in [5.41, 5.74) is 1.13. The average Bonchev–Trinajstić information content (AvgIpc) is 2.28. The van der Waals surface area contributed by atoms with Gasteiger partial charge in [-0.3, -0.25) is 4.98 Å². The molecule has 0 aliphatic carbocycles. The molecule has 0 saturated heterocycles. The molecule has 3 heteroatoms. The normalized spacial score (nSPS) is 12.4. The first-order chi connectivity index (χ1) is 7.76. The number of hydrogen-bond acceptors (Lipinski definition) is 3. The minimum Gasteiger partial charge on any atom is -0.492 e. The van der Waals surface area contributed by atoms with E-state index in [-0.39, 0.29) is 6.10 Å². The van der Waals surface area contributed by atoms with Crippen molar-refractivity contribution in [3.8, 4) is 5.75 Å². The Balaban J connectivity index is 2.44. The molecule has 0 spiro atoms. The molecular formula is C13H21NO2. The van der Waals surface area contributed by atoms with Gasteiger partial charge in [-0.25, -0.2) is 0 Å². The fourth-order valence-electron chi connectivity index (χ4n) is 1.66. The van der Waals surface area contributed by atoms with Gasteiger partial charge in [0.1, 0.15) is 5.75 Å². The topological polar surface area (TPSA) is 42.4 Å². The van der Waals surface area contributed by atoms with Crippen LogP contribution in [0.15, 0.2) is 18.5 Å². The molecule has 1 N–H and O–H groups in total. The predicted octanol–water partition coefficient (Wildman–Crippen LogP) is 2.57. The van der Waals surface area contributed by atoms with Crippen LogP contribution in [0.25, 0.3) is 0 Å². The maximum absolute atomic E-state index is 9.63. The largest absolute Gasteiger partial charge is 0.492 e. The van der Waals surface area contributed by atoms with Gasteiger partial charge in [-0.15, -0.1) is 0 Å². The Hall–Kier alpha value is -1.09. The molecule has 1 aromatic rings. The van der Waals surface area contributed by atoms with Crippen molar-refractivity contribution in [3.05, 3.63) is 24.0 Å². The Morgan fingerprint density at radius 1 is 1.31 bits per heavy atom. The molecule has 1 aromatic heterocycles. The highest BCUT2D eigenvalue weighted by atomic mass is 16.5. The molecule has 0 amide bonds. The molecule has 1 heterocycles. The Kier molecular flexibility index (Phi) is 5.86. The molecule has 0 aromatic carbocycles. The van der Waals surface area contributed by atoms with Gasteiger partial charge in [0.2, 0.25) is 0 Å². The summed E-state index contributed by atoms with van der Waals surface area (Å²) in [6.45, 7) is 4.70. The van der Waals surface area contributed by atoms with Crippen LogP contribution in [0.3, 0.4) is 0 Å². The Bertz CT molecular complexity index is 302. The summed E-state index contributed by atoms with van der Waals surface area (Å²) in [6.07, 6.45) is 6.91. The number of aromatic nitrogens is 1. The van der Waals surface area contributed by atoms with Gasteiger partial charge in [0.25, 0.3) is 0 Å². The van der Waals surface area contributed by atoms with Crippen LogP contribution in [0.2, 0.25) is 0 Å². The first-order valence-electron chi connectivity index (χ1n) is 6.01. The molecule has 1 rings (SSSR count). The highest BCUT2D eigenvalue weighted by Gasteiger charge is 2.04. The third-order valence-corrected chi connectivity index (χ3v) is 2.47. The average molecular weight is 223 g/mol. The maximum atomic E-state index is 9.63. The zero-order valence-electron chi connectivity index (χ0n) is 10.1. The first kappa shape index (κ1) is 13.0. The van der Waals surface area contributed by atoms with E-state index in [1.54, 1.807) is 6.20 Å². The third kappa shape index (κ3) is 4.62. The minimum absolute atomic E-state index is 0.194. The van der Waals surface area contributed by atoms with Crippen LogP contribution in [-0.2, 0) is 6.42 Å². The summed E-state index contributed by atoms with van der Waals surface area (Å²) in [7, 11) is 0. The van der Waals surface area contributed by atoms with E-state index >= 15 is 0 Å². The van der Waals surface area contributed by atoms with E-state index in [1.807, 2.05) is 19.2 Å². The van der Waals surface area contributed by atoms with Crippen LogP contribution in [0.5, 0.6) is 5.75 Å². The molecule has 3 nitrogen and oxygen atoms in total. The summed E-state index contributed by atoms with van der Waals surface area (Å²) in [5.74, 6) is 0.810. The van der Waals surface area contributed by atoms with E-state index in [4.69, 9.17) is 4.74 Å². The van der Waals surface area contributed by atoms with Crippen molar-refractivity contribution in [1.29, 1.82) is 0 Å². The van der Waals surface area contributed by atoms with Crippen molar-refractivity contribution in [2.24, 2.45) is 0 Å². The van der Waals surface area contributed by atoms with Crippen LogP contribution >= 0.6 is 0 Å². The van der Waals surface area contributed by atoms with Gasteiger partial charge >= 0.3 is 0 Å². The number of pyridine rings is 1. The van der Waals surface area contributed by atoms with E-state index in [9.17, 15) is 5.11 Å². The standard InChI is InChI=1S/C13H21NO2/c1-3-5-12(15)7-6-11-8-13(16-4-2)10-14-9-11/h8-10,12,15H,3-7H2,1-2H3. The molecule has 0 aliphatic heterocycles. The summed E-state index contributed by atoms with van der Waals surface area (Å²) in [5, 5.41) is 9.63. The monoisotopic (exact) mass is 223 g/mol. The predicted molar refractivity (Wildman–Crippen MR) is 64.6 cm³/mol. The molecule has 1 atom stereocenters. The number of ether oxygens (including phenoxy) is 1. The van der Waals surface area contributed by atoms with Crippen molar-refractivity contribution in [2.75, 3.05) is 6.61 Å². The van der Waals surface area contributed by atoms with Gasteiger partial charge < -0.3 is 9.84 Å². The number of rotatable bonds is 7. The number of aryl methyl sites for hydroxylation is 1. The van der Waals surface area contributed by atoms with Crippen LogP contribution in [-0.4, -0.2) is 22.8 Å². The van der Waals surface area contributed by atoms with Crippen LogP contribution in [0, 0.1) is 0 Å². The lowest BCUT2D eigenvalue weighted by Gasteiger charge is -2.09. The molecule has 0 radical (unpaired) electrons. The van der Waals surface area contributed by atoms with Gasteiger partial charge in [-0.2, -0.15) is 0 Å². The second kappa shape index (κ2) is 7.23. The van der Waals surface area contributed by atoms with Crippen LogP contribution in [0.4, 0.5) is 0 Å². The molecule has 0 aliphatic rings. The molecule has 90 valence electrons. The van der Waals surface area contributed by atoms with E-state index in [0.717, 1.165) is 37.0 Å². The number of nitrogens with zero attached hydrogens (tertiary/aromatic N) is 1. The summed E-state index contributed by atoms with van der Waals surface area (Å²) in [6, 6.07) is 2.00. The lowest BCUT2D eigenvalue weighted by Crippen LogP contribution is -2.07. The maximum Gasteiger partial charge on any atom is 0.137 e. The second-order valence-corrected chi connectivity index (χ2v) is 3.94. The molecule has 1 unspecified atom stereocenters. The second-order valence-electron chi connectivity index (χ2n) is 3.94. The summed E-state index contributed by atoms with van der Waals surface area (Å²) < 4.78 is 5.38. The molecule has 0 saturated carbocycles. The minimum atomic E-state index is -0.194. The Labute approximate surface area is 97.5 Å². The highest BCUT2D eigenvalue weighted by molar-refractivity contribution is 5.23. The SMILES string of the molecule is CCCC(O)CCc1cncc(OCC)c1. The summed E-state index contributed by atoms with van der Waals surface area (Å²) >= 11 is 0. The quantitative estimate of drug-likeness (QED) is 0.772. The van der Waals surface area contributed by atoms with Crippen molar-refractivity contribution in [3.63, 3.8) is 0 Å². The highest BCUT2D eigenvalue weighted by Crippen LogP contribution is 2.14. The van der Waals surface area contributed by atoms with Gasteiger partial charge in [0.15, 0.2) is 0 Å². The van der Waals surface area contributed by atoms with Crippen molar-refractivity contribution < 1.29 is 9.84 Å². The Morgan fingerprint density at radius 2 is 2.12 bits per heavy atom. The smallest absolute Gasteiger partial charge is 0.137 e. The van der Waals surface area contributed by atoms with Crippen LogP contribution < -0.4 is 4.74 Å². The fourth-order valence-corrected chi connectivity index (χ4v) is 1.66. The van der Waals surface area contributed by atoms with Crippen molar-refractivity contribution >= 4 is 0 Å². The van der Waals surface area contributed by atoms with Gasteiger partial charge in [0.05, 0.1) is 18.9 Å².